The van der Waals surface area contributed by atoms with Crippen molar-refractivity contribution in [2.24, 2.45) is 17.8 Å². The Morgan fingerprint density at radius 3 is 2.06 bits per heavy atom. The quantitative estimate of drug-likeness (QED) is 0.871. The lowest BCUT2D eigenvalue weighted by Gasteiger charge is -2.24. The summed E-state index contributed by atoms with van der Waals surface area (Å²) in [6.45, 7) is 16.5. The molecule has 3 nitrogen and oxygen atoms in total. The number of hydrogen-bond donors (Lipinski definition) is 1. The van der Waals surface area contributed by atoms with Gasteiger partial charge in [-0.3, -0.25) is 0 Å². The van der Waals surface area contributed by atoms with E-state index in [1.165, 1.54) is 11.5 Å². The van der Waals surface area contributed by atoms with Crippen molar-refractivity contribution in [3.8, 4) is 0 Å². The molecule has 0 saturated heterocycles. The highest BCUT2D eigenvalue weighted by molar-refractivity contribution is 7.09. The molecule has 1 aromatic rings. The molecular weight excluding hydrogens is 242 g/mol. The number of hydrogen-bond acceptors (Lipinski definition) is 4. The van der Waals surface area contributed by atoms with Crippen LogP contribution in [0.4, 0.5) is 5.13 Å². The molecule has 0 aliphatic heterocycles. The van der Waals surface area contributed by atoms with E-state index in [0.29, 0.717) is 17.8 Å². The van der Waals surface area contributed by atoms with Crippen LogP contribution in [0.25, 0.3) is 0 Å². The molecule has 0 aromatic carbocycles. The maximum atomic E-state index is 4.57. The van der Waals surface area contributed by atoms with Gasteiger partial charge < -0.3 is 5.32 Å². The molecule has 0 saturated carbocycles. The standard InChI is InChI=1S/C14H27N3S/c1-9(2)11(10(3)4)8-15-13-16-12(17-18-13)14(5,6)7/h9-11H,8H2,1-7H3,(H,15,16,17). The molecule has 0 bridgehead atoms. The maximum Gasteiger partial charge on any atom is 0.202 e. The van der Waals surface area contributed by atoms with Gasteiger partial charge >= 0.3 is 0 Å². The van der Waals surface area contributed by atoms with E-state index in [-0.39, 0.29) is 5.41 Å². The zero-order chi connectivity index (χ0) is 13.9. The van der Waals surface area contributed by atoms with Crippen molar-refractivity contribution in [1.82, 2.24) is 9.36 Å². The van der Waals surface area contributed by atoms with Crippen LogP contribution in [0.15, 0.2) is 0 Å². The van der Waals surface area contributed by atoms with Gasteiger partial charge in [-0.2, -0.15) is 4.37 Å². The molecule has 1 aromatic heterocycles. The lowest BCUT2D eigenvalue weighted by molar-refractivity contribution is 0.304. The van der Waals surface area contributed by atoms with Gasteiger partial charge in [-0.1, -0.05) is 48.5 Å². The molecular formula is C14H27N3S. The second-order valence-electron chi connectivity index (χ2n) is 6.71. The Labute approximate surface area is 116 Å². The van der Waals surface area contributed by atoms with E-state index in [1.54, 1.807) is 0 Å². The van der Waals surface area contributed by atoms with Crippen molar-refractivity contribution < 1.29 is 0 Å². The van der Waals surface area contributed by atoms with E-state index in [0.717, 1.165) is 17.5 Å². The molecule has 18 heavy (non-hydrogen) atoms. The summed E-state index contributed by atoms with van der Waals surface area (Å²) >= 11 is 1.47. The minimum absolute atomic E-state index is 0.0337. The van der Waals surface area contributed by atoms with E-state index in [1.807, 2.05) is 0 Å². The third-order valence-corrected chi connectivity index (χ3v) is 3.97. The lowest BCUT2D eigenvalue weighted by atomic mass is 9.85. The van der Waals surface area contributed by atoms with E-state index in [4.69, 9.17) is 0 Å². The van der Waals surface area contributed by atoms with Crippen molar-refractivity contribution in [3.05, 3.63) is 5.82 Å². The summed E-state index contributed by atoms with van der Waals surface area (Å²) in [5.74, 6) is 2.98. The van der Waals surface area contributed by atoms with E-state index in [9.17, 15) is 0 Å². The Hall–Kier alpha value is -0.640. The minimum atomic E-state index is 0.0337. The van der Waals surface area contributed by atoms with Crippen LogP contribution < -0.4 is 5.32 Å². The molecule has 0 aliphatic rings. The summed E-state index contributed by atoms with van der Waals surface area (Å²) in [5, 5.41) is 4.40. The number of aromatic nitrogens is 2. The fourth-order valence-corrected chi connectivity index (χ4v) is 2.81. The molecule has 1 heterocycles. The van der Waals surface area contributed by atoms with Crippen molar-refractivity contribution in [2.75, 3.05) is 11.9 Å². The summed E-state index contributed by atoms with van der Waals surface area (Å²) in [5.41, 5.74) is 0.0337. The summed E-state index contributed by atoms with van der Waals surface area (Å²) in [7, 11) is 0. The normalized spacial score (nSPS) is 12.8. The van der Waals surface area contributed by atoms with Gasteiger partial charge in [0.1, 0.15) is 5.82 Å². The van der Waals surface area contributed by atoms with Gasteiger partial charge in [0.05, 0.1) is 0 Å². The van der Waals surface area contributed by atoms with Crippen molar-refractivity contribution in [3.63, 3.8) is 0 Å². The molecule has 0 unspecified atom stereocenters. The van der Waals surface area contributed by atoms with Gasteiger partial charge in [0.15, 0.2) is 0 Å². The molecule has 104 valence electrons. The highest BCUT2D eigenvalue weighted by Gasteiger charge is 2.21. The summed E-state index contributed by atoms with van der Waals surface area (Å²) in [6.07, 6.45) is 0. The zero-order valence-corrected chi connectivity index (χ0v) is 13.6. The van der Waals surface area contributed by atoms with Crippen LogP contribution in [0, 0.1) is 17.8 Å². The minimum Gasteiger partial charge on any atom is -0.360 e. The zero-order valence-electron chi connectivity index (χ0n) is 12.7. The molecule has 0 atom stereocenters. The SMILES string of the molecule is CC(C)C(CNc1nc(C(C)(C)C)ns1)C(C)C. The molecule has 4 heteroatoms. The predicted molar refractivity (Wildman–Crippen MR) is 80.3 cm³/mol. The number of nitrogens with one attached hydrogen (secondary N) is 1. The highest BCUT2D eigenvalue weighted by atomic mass is 32.1. The second kappa shape index (κ2) is 6.00. The van der Waals surface area contributed by atoms with E-state index in [2.05, 4.69) is 63.1 Å². The first-order valence-electron chi connectivity index (χ1n) is 6.80. The Morgan fingerprint density at radius 1 is 1.11 bits per heavy atom. The fourth-order valence-electron chi connectivity index (χ4n) is 2.05. The van der Waals surface area contributed by atoms with Crippen molar-refractivity contribution in [1.29, 1.82) is 0 Å². The Balaban J connectivity index is 2.61. The van der Waals surface area contributed by atoms with Crippen LogP contribution in [0.5, 0.6) is 0 Å². The summed E-state index contributed by atoms with van der Waals surface area (Å²) < 4.78 is 4.42. The Morgan fingerprint density at radius 2 is 1.67 bits per heavy atom. The molecule has 1 rings (SSSR count). The molecule has 0 aliphatic carbocycles. The first-order chi connectivity index (χ1) is 8.21. The first kappa shape index (κ1) is 15.4. The smallest absolute Gasteiger partial charge is 0.202 e. The molecule has 0 amide bonds. The summed E-state index contributed by atoms with van der Waals surface area (Å²) in [4.78, 5) is 4.57. The van der Waals surface area contributed by atoms with Crippen LogP contribution in [0.3, 0.4) is 0 Å². The van der Waals surface area contributed by atoms with Crippen LogP contribution in [-0.2, 0) is 5.41 Å². The van der Waals surface area contributed by atoms with Crippen LogP contribution in [0.1, 0.15) is 54.3 Å². The highest BCUT2D eigenvalue weighted by Crippen LogP contribution is 2.25. The predicted octanol–water partition coefficient (Wildman–Crippen LogP) is 4.18. The largest absolute Gasteiger partial charge is 0.360 e. The number of rotatable bonds is 5. The van der Waals surface area contributed by atoms with Gasteiger partial charge in [-0.25, -0.2) is 4.98 Å². The third-order valence-electron chi connectivity index (χ3n) is 3.30. The van der Waals surface area contributed by atoms with Gasteiger partial charge in [0.2, 0.25) is 5.13 Å². The van der Waals surface area contributed by atoms with Gasteiger partial charge in [-0.05, 0) is 17.8 Å². The molecule has 0 fully saturated rings. The maximum absolute atomic E-state index is 4.57. The van der Waals surface area contributed by atoms with Gasteiger partial charge in [0.25, 0.3) is 0 Å². The first-order valence-corrected chi connectivity index (χ1v) is 7.57. The monoisotopic (exact) mass is 269 g/mol. The number of anilines is 1. The second-order valence-corrected chi connectivity index (χ2v) is 7.46. The van der Waals surface area contributed by atoms with Crippen LogP contribution >= 0.6 is 11.5 Å². The fraction of sp³-hybridized carbons (Fsp3) is 0.857. The topological polar surface area (TPSA) is 37.8 Å². The van der Waals surface area contributed by atoms with Crippen LogP contribution in [0.2, 0.25) is 0 Å². The lowest BCUT2D eigenvalue weighted by Crippen LogP contribution is -2.24. The third kappa shape index (κ3) is 4.23. The van der Waals surface area contributed by atoms with Crippen molar-refractivity contribution >= 4 is 16.7 Å². The van der Waals surface area contributed by atoms with E-state index < -0.39 is 0 Å². The Kier molecular flexibility index (Phi) is 5.14. The van der Waals surface area contributed by atoms with Crippen LogP contribution in [-0.4, -0.2) is 15.9 Å². The molecule has 1 N–H and O–H groups in total. The number of nitrogens with zero attached hydrogens (tertiary/aromatic N) is 2. The van der Waals surface area contributed by atoms with E-state index >= 15 is 0 Å². The van der Waals surface area contributed by atoms with Gasteiger partial charge in [-0.15, -0.1) is 0 Å². The molecule has 0 radical (unpaired) electrons. The summed E-state index contributed by atoms with van der Waals surface area (Å²) in [6, 6.07) is 0. The van der Waals surface area contributed by atoms with Crippen molar-refractivity contribution in [2.45, 2.75) is 53.9 Å². The average molecular weight is 269 g/mol. The Bertz CT molecular complexity index is 355. The molecule has 0 spiro atoms. The average Bonchev–Trinajstić information content (AvgIpc) is 2.64. The van der Waals surface area contributed by atoms with Gasteiger partial charge in [0, 0.05) is 23.5 Å².